The Morgan fingerprint density at radius 2 is 1.69 bits per heavy atom. The van der Waals surface area contributed by atoms with E-state index in [1.165, 1.54) is 12.1 Å². The molecule has 5 nitrogen and oxygen atoms in total. The molecule has 29 heavy (non-hydrogen) atoms. The van der Waals surface area contributed by atoms with Crippen LogP contribution in [-0.2, 0) is 6.61 Å². The lowest BCUT2D eigenvalue weighted by atomic mass is 10.0. The van der Waals surface area contributed by atoms with E-state index in [1.807, 2.05) is 42.5 Å². The summed E-state index contributed by atoms with van der Waals surface area (Å²) in [5.41, 5.74) is 2.83. The number of benzene rings is 3. The number of nitro groups is 1. The second kappa shape index (κ2) is 9.50. The second-order valence-electron chi connectivity index (χ2n) is 6.06. The van der Waals surface area contributed by atoms with Gasteiger partial charge >= 0.3 is 0 Å². The van der Waals surface area contributed by atoms with E-state index in [2.05, 4.69) is 37.9 Å². The van der Waals surface area contributed by atoms with Gasteiger partial charge < -0.3 is 4.74 Å². The Bertz CT molecular complexity index is 1080. The Kier molecular flexibility index (Phi) is 6.81. The molecule has 0 heterocycles. The molecule has 0 atom stereocenters. The van der Waals surface area contributed by atoms with Crippen LogP contribution >= 0.6 is 31.9 Å². The van der Waals surface area contributed by atoms with Crippen LogP contribution in [0.1, 0.15) is 16.7 Å². The average Bonchev–Trinajstić information content (AvgIpc) is 2.72. The Morgan fingerprint density at radius 3 is 2.24 bits per heavy atom. The lowest BCUT2D eigenvalue weighted by Crippen LogP contribution is -1.97. The van der Waals surface area contributed by atoms with Crippen LogP contribution in [0.2, 0.25) is 0 Å². The van der Waals surface area contributed by atoms with Crippen LogP contribution in [-0.4, -0.2) is 4.92 Å². The molecule has 3 aromatic carbocycles. The monoisotopic (exact) mass is 512 g/mol. The van der Waals surface area contributed by atoms with Crippen molar-refractivity contribution in [1.82, 2.24) is 0 Å². The maximum Gasteiger partial charge on any atom is 0.269 e. The third-order valence-electron chi connectivity index (χ3n) is 4.07. The molecule has 0 aromatic heterocycles. The highest BCUT2D eigenvalue weighted by Crippen LogP contribution is 2.36. The molecule has 144 valence electrons. The molecular formula is C22H14Br2N2O3. The summed E-state index contributed by atoms with van der Waals surface area (Å²) >= 11 is 7.05. The summed E-state index contributed by atoms with van der Waals surface area (Å²) in [6.45, 7) is 0.430. The van der Waals surface area contributed by atoms with Crippen molar-refractivity contribution >= 4 is 49.2 Å². The average molecular weight is 514 g/mol. The maximum atomic E-state index is 10.8. The molecule has 0 spiro atoms. The van der Waals surface area contributed by atoms with Crippen molar-refractivity contribution in [3.05, 3.63) is 102 Å². The van der Waals surface area contributed by atoms with Gasteiger partial charge in [0.2, 0.25) is 0 Å². The van der Waals surface area contributed by atoms with Crippen LogP contribution in [0.15, 0.2) is 75.7 Å². The van der Waals surface area contributed by atoms with E-state index in [0.29, 0.717) is 23.5 Å². The fourth-order valence-corrected chi connectivity index (χ4v) is 4.09. The first-order valence-electron chi connectivity index (χ1n) is 8.50. The molecule has 0 aliphatic carbocycles. The minimum absolute atomic E-state index is 0.0172. The molecule has 0 aliphatic rings. The minimum Gasteiger partial charge on any atom is -0.487 e. The van der Waals surface area contributed by atoms with Gasteiger partial charge in [0.25, 0.3) is 5.69 Å². The standard InChI is InChI=1S/C22H14Br2N2O3/c23-20-11-16(10-18(13-25)17-6-8-19(9-7-17)26(27)28)12-21(24)22(20)29-14-15-4-2-1-3-5-15/h1-12H,14H2/b18-10+. The van der Waals surface area contributed by atoms with Crippen LogP contribution in [0.4, 0.5) is 5.69 Å². The van der Waals surface area contributed by atoms with Gasteiger partial charge in [-0.1, -0.05) is 30.3 Å². The first-order chi connectivity index (χ1) is 14.0. The van der Waals surface area contributed by atoms with E-state index in [1.54, 1.807) is 18.2 Å². The first-order valence-corrected chi connectivity index (χ1v) is 10.1. The van der Waals surface area contributed by atoms with Gasteiger partial charge in [-0.05, 0) is 78.9 Å². The molecule has 0 fully saturated rings. The lowest BCUT2D eigenvalue weighted by Gasteiger charge is -2.12. The van der Waals surface area contributed by atoms with Crippen LogP contribution in [0, 0.1) is 21.4 Å². The summed E-state index contributed by atoms with van der Waals surface area (Å²) in [5.74, 6) is 0.667. The third kappa shape index (κ3) is 5.31. The van der Waals surface area contributed by atoms with Crippen molar-refractivity contribution in [3.8, 4) is 11.8 Å². The van der Waals surface area contributed by atoms with E-state index in [0.717, 1.165) is 20.1 Å². The van der Waals surface area contributed by atoms with Crippen LogP contribution in [0.5, 0.6) is 5.75 Å². The highest BCUT2D eigenvalue weighted by molar-refractivity contribution is 9.11. The maximum absolute atomic E-state index is 10.8. The quantitative estimate of drug-likeness (QED) is 0.158. The molecule has 0 radical (unpaired) electrons. The van der Waals surface area contributed by atoms with Gasteiger partial charge in [0, 0.05) is 12.1 Å². The lowest BCUT2D eigenvalue weighted by molar-refractivity contribution is -0.384. The van der Waals surface area contributed by atoms with E-state index in [-0.39, 0.29) is 5.69 Å². The van der Waals surface area contributed by atoms with Crippen molar-refractivity contribution in [1.29, 1.82) is 5.26 Å². The summed E-state index contributed by atoms with van der Waals surface area (Å²) < 4.78 is 7.41. The Labute approximate surface area is 184 Å². The number of allylic oxidation sites excluding steroid dienone is 1. The fraction of sp³-hybridized carbons (Fsp3) is 0.0455. The Hall–Kier alpha value is -2.95. The van der Waals surface area contributed by atoms with Crippen LogP contribution < -0.4 is 4.74 Å². The van der Waals surface area contributed by atoms with Gasteiger partial charge in [-0.15, -0.1) is 0 Å². The number of nitro benzene ring substituents is 1. The summed E-state index contributed by atoms with van der Waals surface area (Å²) in [4.78, 5) is 10.3. The van der Waals surface area contributed by atoms with E-state index >= 15 is 0 Å². The highest BCUT2D eigenvalue weighted by Gasteiger charge is 2.11. The molecule has 0 amide bonds. The van der Waals surface area contributed by atoms with E-state index < -0.39 is 4.92 Å². The highest BCUT2D eigenvalue weighted by atomic mass is 79.9. The van der Waals surface area contributed by atoms with Crippen molar-refractivity contribution in [2.75, 3.05) is 0 Å². The Morgan fingerprint density at radius 1 is 1.07 bits per heavy atom. The zero-order chi connectivity index (χ0) is 20.8. The number of nitrogens with zero attached hydrogens (tertiary/aromatic N) is 2. The van der Waals surface area contributed by atoms with Crippen molar-refractivity contribution < 1.29 is 9.66 Å². The van der Waals surface area contributed by atoms with Crippen molar-refractivity contribution in [2.24, 2.45) is 0 Å². The predicted molar refractivity (Wildman–Crippen MR) is 119 cm³/mol. The van der Waals surface area contributed by atoms with Crippen molar-refractivity contribution in [3.63, 3.8) is 0 Å². The smallest absolute Gasteiger partial charge is 0.269 e. The number of hydrogen-bond acceptors (Lipinski definition) is 4. The number of halogens is 2. The SMILES string of the molecule is N#C/C(=C\c1cc(Br)c(OCc2ccccc2)c(Br)c1)c1ccc([N+](=O)[O-])cc1. The minimum atomic E-state index is -0.470. The van der Waals surface area contributed by atoms with E-state index in [4.69, 9.17) is 4.74 Å². The topological polar surface area (TPSA) is 76.2 Å². The van der Waals surface area contributed by atoms with Gasteiger partial charge in [-0.3, -0.25) is 10.1 Å². The zero-order valence-corrected chi connectivity index (χ0v) is 18.2. The molecule has 7 heteroatoms. The van der Waals surface area contributed by atoms with Crippen LogP contribution in [0.25, 0.3) is 11.6 Å². The summed E-state index contributed by atoms with van der Waals surface area (Å²) in [7, 11) is 0. The number of hydrogen-bond donors (Lipinski definition) is 0. The number of non-ortho nitro benzene ring substituents is 1. The van der Waals surface area contributed by atoms with E-state index in [9.17, 15) is 15.4 Å². The van der Waals surface area contributed by atoms with Gasteiger partial charge in [0.05, 0.1) is 25.5 Å². The van der Waals surface area contributed by atoms with Gasteiger partial charge in [0.15, 0.2) is 0 Å². The zero-order valence-electron chi connectivity index (χ0n) is 15.0. The molecule has 0 saturated heterocycles. The predicted octanol–water partition coefficient (Wildman–Crippen LogP) is 6.76. The van der Waals surface area contributed by atoms with Crippen LogP contribution in [0.3, 0.4) is 0 Å². The molecular weight excluding hydrogens is 500 g/mol. The number of ether oxygens (including phenoxy) is 1. The Balaban J connectivity index is 1.84. The summed E-state index contributed by atoms with van der Waals surface area (Å²) in [6, 6.07) is 21.6. The second-order valence-corrected chi connectivity index (χ2v) is 7.77. The van der Waals surface area contributed by atoms with Gasteiger partial charge in [-0.2, -0.15) is 5.26 Å². The third-order valence-corrected chi connectivity index (χ3v) is 5.25. The van der Waals surface area contributed by atoms with Crippen molar-refractivity contribution in [2.45, 2.75) is 6.61 Å². The number of rotatable bonds is 6. The van der Waals surface area contributed by atoms with Gasteiger partial charge in [-0.25, -0.2) is 0 Å². The molecule has 3 rings (SSSR count). The van der Waals surface area contributed by atoms with Gasteiger partial charge in [0.1, 0.15) is 12.4 Å². The molecule has 0 aliphatic heterocycles. The fourth-order valence-electron chi connectivity index (χ4n) is 2.64. The first kappa shape index (κ1) is 20.8. The summed E-state index contributed by atoms with van der Waals surface area (Å²) in [6.07, 6.45) is 1.72. The molecule has 0 bridgehead atoms. The molecule has 3 aromatic rings. The number of nitriles is 1. The molecule has 0 unspecified atom stereocenters. The normalized spacial score (nSPS) is 11.0. The molecule has 0 saturated carbocycles. The molecule has 0 N–H and O–H groups in total. The largest absolute Gasteiger partial charge is 0.487 e. The summed E-state index contributed by atoms with van der Waals surface area (Å²) in [5, 5.41) is 20.3.